The lowest BCUT2D eigenvalue weighted by molar-refractivity contribution is -0.137. The second kappa shape index (κ2) is 12.4. The largest absolute Gasteiger partial charge is 0.465 e. The van der Waals surface area contributed by atoms with Crippen molar-refractivity contribution in [1.82, 2.24) is 4.31 Å². The highest BCUT2D eigenvalue weighted by Gasteiger charge is 2.38. The third-order valence-electron chi connectivity index (χ3n) is 7.30. The lowest BCUT2D eigenvalue weighted by atomic mass is 10.1. The molecular formula is C34H31FN2O6S. The first-order valence-electron chi connectivity index (χ1n) is 13.8. The Kier molecular flexibility index (Phi) is 8.66. The van der Waals surface area contributed by atoms with Crippen molar-refractivity contribution in [1.29, 1.82) is 0 Å². The summed E-state index contributed by atoms with van der Waals surface area (Å²) < 4.78 is 53.4. The number of ketones is 1. The average molecular weight is 615 g/mol. The predicted octanol–water partition coefficient (Wildman–Crippen LogP) is 6.30. The van der Waals surface area contributed by atoms with Crippen LogP contribution in [0.2, 0.25) is 0 Å². The Morgan fingerprint density at radius 3 is 2.11 bits per heavy atom. The first-order valence-corrected chi connectivity index (χ1v) is 15.2. The van der Waals surface area contributed by atoms with Crippen molar-refractivity contribution in [3.8, 4) is 0 Å². The van der Waals surface area contributed by atoms with E-state index in [1.165, 1.54) is 46.7 Å². The summed E-state index contributed by atoms with van der Waals surface area (Å²) in [5, 5.41) is 0. The molecule has 0 aliphatic carbocycles. The Morgan fingerprint density at radius 2 is 1.50 bits per heavy atom. The number of nitrogens with zero attached hydrogens (tertiary/aromatic N) is 2. The van der Waals surface area contributed by atoms with Crippen LogP contribution in [-0.4, -0.2) is 31.6 Å². The summed E-state index contributed by atoms with van der Waals surface area (Å²) in [5.74, 6) is -1.23. The standard InChI is InChI=1S/C34H31FN2O6S/c1-22-5-9-25(10-6-22)20-36(44(40,41)30-17-7-23(2)8-18-30)21-29-16-15-28(43-29)19-31-33(38)32(34(39)42-4)24(3)37(31)27-13-11-26(35)12-14-27/h5-19H,20-21H2,1-4H3/b31-19+. The van der Waals surface area contributed by atoms with E-state index in [0.29, 0.717) is 17.1 Å². The number of halogens is 1. The van der Waals surface area contributed by atoms with Crippen molar-refractivity contribution >= 4 is 33.5 Å². The van der Waals surface area contributed by atoms with Gasteiger partial charge in [-0.1, -0.05) is 47.5 Å². The Balaban J connectivity index is 1.49. The van der Waals surface area contributed by atoms with Gasteiger partial charge < -0.3 is 14.1 Å². The van der Waals surface area contributed by atoms with Gasteiger partial charge in [0, 0.05) is 24.0 Å². The number of sulfonamides is 1. The average Bonchev–Trinajstić information content (AvgIpc) is 3.54. The van der Waals surface area contributed by atoms with Crippen LogP contribution in [0.5, 0.6) is 0 Å². The SMILES string of the molecule is COC(=O)C1=C(C)N(c2ccc(F)cc2)/C(=C/c2ccc(CN(Cc3ccc(C)cc3)S(=O)(=O)c3ccc(C)cc3)o2)C1=O. The minimum atomic E-state index is -3.91. The third-order valence-corrected chi connectivity index (χ3v) is 9.11. The van der Waals surface area contributed by atoms with Gasteiger partial charge in [-0.3, -0.25) is 4.79 Å². The number of furan rings is 1. The van der Waals surface area contributed by atoms with Crippen LogP contribution in [0.4, 0.5) is 10.1 Å². The van der Waals surface area contributed by atoms with E-state index in [2.05, 4.69) is 0 Å². The van der Waals surface area contributed by atoms with Gasteiger partial charge in [0.25, 0.3) is 0 Å². The number of esters is 1. The van der Waals surface area contributed by atoms with Crippen LogP contribution < -0.4 is 4.90 Å². The summed E-state index contributed by atoms with van der Waals surface area (Å²) >= 11 is 0. The molecule has 0 atom stereocenters. The fourth-order valence-electron chi connectivity index (χ4n) is 4.93. The fourth-order valence-corrected chi connectivity index (χ4v) is 6.32. The number of hydrogen-bond acceptors (Lipinski definition) is 7. The Labute approximate surface area is 255 Å². The van der Waals surface area contributed by atoms with Gasteiger partial charge in [-0.15, -0.1) is 0 Å². The van der Waals surface area contributed by atoms with E-state index in [1.807, 2.05) is 38.1 Å². The van der Waals surface area contributed by atoms with Crippen molar-refractivity contribution in [3.63, 3.8) is 0 Å². The highest BCUT2D eigenvalue weighted by molar-refractivity contribution is 7.89. The van der Waals surface area contributed by atoms with Gasteiger partial charge in [0.05, 0.1) is 24.2 Å². The van der Waals surface area contributed by atoms with Crippen molar-refractivity contribution in [2.24, 2.45) is 0 Å². The van der Waals surface area contributed by atoms with E-state index in [1.54, 1.807) is 43.3 Å². The molecule has 0 unspecified atom stereocenters. The summed E-state index contributed by atoms with van der Waals surface area (Å²) in [7, 11) is -2.73. The zero-order chi connectivity index (χ0) is 31.6. The normalized spacial score (nSPS) is 14.6. The van der Waals surface area contributed by atoms with Gasteiger partial charge in [0.2, 0.25) is 15.8 Å². The minimum absolute atomic E-state index is 0.0758. The number of methoxy groups -OCH3 is 1. The molecule has 5 rings (SSSR count). The van der Waals surface area contributed by atoms with Crippen LogP contribution >= 0.6 is 0 Å². The lowest BCUT2D eigenvalue weighted by Crippen LogP contribution is -2.30. The van der Waals surface area contributed by atoms with Crippen LogP contribution in [0.1, 0.15) is 35.1 Å². The summed E-state index contributed by atoms with van der Waals surface area (Å²) in [4.78, 5) is 27.6. The van der Waals surface area contributed by atoms with Crippen molar-refractivity contribution < 1.29 is 31.6 Å². The molecule has 1 aliphatic rings. The molecule has 0 spiro atoms. The molecule has 0 bridgehead atoms. The lowest BCUT2D eigenvalue weighted by Gasteiger charge is -2.22. The van der Waals surface area contributed by atoms with Gasteiger partial charge in [-0.2, -0.15) is 4.31 Å². The molecule has 1 aliphatic heterocycles. The smallest absolute Gasteiger partial charge is 0.343 e. The van der Waals surface area contributed by atoms with Gasteiger partial charge in [-0.05, 0) is 74.9 Å². The molecule has 44 heavy (non-hydrogen) atoms. The number of benzene rings is 3. The topological polar surface area (TPSA) is 97.1 Å². The van der Waals surface area contributed by atoms with Crippen molar-refractivity contribution in [3.05, 3.63) is 136 Å². The van der Waals surface area contributed by atoms with Crippen molar-refractivity contribution in [2.45, 2.75) is 38.8 Å². The second-order valence-electron chi connectivity index (χ2n) is 10.5. The van der Waals surface area contributed by atoms with Crippen LogP contribution in [-0.2, 0) is 37.4 Å². The highest BCUT2D eigenvalue weighted by atomic mass is 32.2. The number of allylic oxidation sites excluding steroid dienone is 2. The maximum absolute atomic E-state index is 13.8. The molecule has 8 nitrogen and oxygen atoms in total. The molecular weight excluding hydrogens is 583 g/mol. The molecule has 3 aromatic carbocycles. The number of Topliss-reactive ketones (excluding diaryl/α,β-unsaturated/α-hetero) is 1. The molecule has 0 fully saturated rings. The first kappa shape index (κ1) is 30.7. The molecule has 0 N–H and O–H groups in total. The zero-order valence-corrected chi connectivity index (χ0v) is 25.5. The van der Waals surface area contributed by atoms with Gasteiger partial charge in [0.1, 0.15) is 22.9 Å². The number of carbonyl (C=O) groups is 2. The molecule has 4 aromatic rings. The molecule has 0 saturated heterocycles. The van der Waals surface area contributed by atoms with Crippen LogP contribution in [0, 0.1) is 19.7 Å². The number of hydrogen-bond donors (Lipinski definition) is 0. The van der Waals surface area contributed by atoms with Crippen LogP contribution in [0.25, 0.3) is 6.08 Å². The molecule has 1 aromatic heterocycles. The Bertz CT molecular complexity index is 1870. The fraction of sp³-hybridized carbons (Fsp3) is 0.176. The second-order valence-corrected chi connectivity index (χ2v) is 12.4. The first-order chi connectivity index (χ1) is 21.0. The molecule has 2 heterocycles. The van der Waals surface area contributed by atoms with E-state index in [-0.39, 0.29) is 35.0 Å². The van der Waals surface area contributed by atoms with Crippen LogP contribution in [0.15, 0.2) is 111 Å². The summed E-state index contributed by atoms with van der Waals surface area (Å²) in [5.41, 5.74) is 3.53. The van der Waals surface area contributed by atoms with Crippen LogP contribution in [0.3, 0.4) is 0 Å². The van der Waals surface area contributed by atoms with Gasteiger partial charge in [0.15, 0.2) is 0 Å². The molecule has 0 radical (unpaired) electrons. The van der Waals surface area contributed by atoms with E-state index >= 15 is 0 Å². The maximum Gasteiger partial charge on any atom is 0.343 e. The quantitative estimate of drug-likeness (QED) is 0.124. The number of carbonyl (C=O) groups excluding carboxylic acids is 2. The summed E-state index contributed by atoms with van der Waals surface area (Å²) in [6.07, 6.45) is 1.47. The van der Waals surface area contributed by atoms with E-state index in [9.17, 15) is 22.4 Å². The van der Waals surface area contributed by atoms with E-state index < -0.39 is 27.6 Å². The molecule has 226 valence electrons. The molecule has 10 heteroatoms. The highest BCUT2D eigenvalue weighted by Crippen LogP contribution is 2.36. The van der Waals surface area contributed by atoms with E-state index in [4.69, 9.17) is 9.15 Å². The number of ether oxygens (including phenoxy) is 1. The zero-order valence-electron chi connectivity index (χ0n) is 24.7. The number of rotatable bonds is 9. The minimum Gasteiger partial charge on any atom is -0.465 e. The van der Waals surface area contributed by atoms with Gasteiger partial charge in [-0.25, -0.2) is 17.6 Å². The number of aryl methyl sites for hydroxylation is 2. The number of anilines is 1. The van der Waals surface area contributed by atoms with Gasteiger partial charge >= 0.3 is 5.97 Å². The summed E-state index contributed by atoms with van der Waals surface area (Å²) in [6, 6.07) is 23.0. The Morgan fingerprint density at radius 1 is 0.886 bits per heavy atom. The maximum atomic E-state index is 13.8. The molecule has 0 amide bonds. The predicted molar refractivity (Wildman–Crippen MR) is 164 cm³/mol. The van der Waals surface area contributed by atoms with E-state index in [0.717, 1.165) is 16.7 Å². The molecule has 0 saturated carbocycles. The summed E-state index contributed by atoms with van der Waals surface area (Å²) in [6.45, 7) is 5.47. The Hall–Kier alpha value is -4.80. The third kappa shape index (κ3) is 6.27. The monoisotopic (exact) mass is 614 g/mol. The van der Waals surface area contributed by atoms with Crippen molar-refractivity contribution in [2.75, 3.05) is 12.0 Å².